The van der Waals surface area contributed by atoms with Crippen molar-refractivity contribution in [1.29, 1.82) is 0 Å². The summed E-state index contributed by atoms with van der Waals surface area (Å²) in [6, 6.07) is 0. The first-order valence-corrected chi connectivity index (χ1v) is 8.49. The van der Waals surface area contributed by atoms with Crippen LogP contribution >= 0.6 is 0 Å². The SMILES string of the molecule is C[C@]12C=C[C@](C)(O1)[C@@H]1C(=O)N(CCC(=O)ON3C(=O)CCC3=O)C(=O)[C@@H]12. The van der Waals surface area contributed by atoms with Crippen LogP contribution in [0.1, 0.15) is 33.1 Å². The van der Waals surface area contributed by atoms with Crippen LogP contribution in [0.3, 0.4) is 0 Å². The lowest BCUT2D eigenvalue weighted by Crippen LogP contribution is -2.41. The molecule has 2 bridgehead atoms. The Morgan fingerprint density at radius 2 is 1.58 bits per heavy atom. The highest BCUT2D eigenvalue weighted by Gasteiger charge is 2.70. The lowest BCUT2D eigenvalue weighted by atomic mass is 9.73. The van der Waals surface area contributed by atoms with Gasteiger partial charge in [-0.05, 0) is 13.8 Å². The van der Waals surface area contributed by atoms with E-state index in [1.165, 1.54) is 0 Å². The van der Waals surface area contributed by atoms with E-state index in [-0.39, 0.29) is 37.6 Å². The quantitative estimate of drug-likeness (QED) is 0.499. The van der Waals surface area contributed by atoms with Crippen molar-refractivity contribution in [3.8, 4) is 0 Å². The third-order valence-corrected chi connectivity index (χ3v) is 5.56. The van der Waals surface area contributed by atoms with Crippen molar-refractivity contribution in [1.82, 2.24) is 9.96 Å². The zero-order chi connectivity index (χ0) is 18.9. The molecule has 0 unspecified atom stereocenters. The molecule has 4 atom stereocenters. The predicted octanol–water partition coefficient (Wildman–Crippen LogP) is -0.298. The molecule has 0 aromatic carbocycles. The maximum absolute atomic E-state index is 12.7. The van der Waals surface area contributed by atoms with E-state index in [1.807, 2.05) is 12.2 Å². The largest absolute Gasteiger partial charge is 0.359 e. The average molecular weight is 362 g/mol. The average Bonchev–Trinajstić information content (AvgIpc) is 3.21. The molecule has 3 fully saturated rings. The van der Waals surface area contributed by atoms with Gasteiger partial charge in [-0.2, -0.15) is 0 Å². The first-order valence-electron chi connectivity index (χ1n) is 8.49. The molecule has 4 aliphatic heterocycles. The Kier molecular flexibility index (Phi) is 3.40. The van der Waals surface area contributed by atoms with E-state index in [1.54, 1.807) is 13.8 Å². The minimum absolute atomic E-state index is 0.00271. The molecule has 138 valence electrons. The fourth-order valence-corrected chi connectivity index (χ4v) is 4.32. The summed E-state index contributed by atoms with van der Waals surface area (Å²) >= 11 is 0. The Labute approximate surface area is 148 Å². The molecule has 0 aromatic rings. The van der Waals surface area contributed by atoms with Crippen LogP contribution in [0.25, 0.3) is 0 Å². The molecule has 3 saturated heterocycles. The number of fused-ring (bicyclic) bond motifs is 5. The number of carbonyl (C=O) groups is 5. The first kappa shape index (κ1) is 16.9. The Balaban J connectivity index is 1.42. The van der Waals surface area contributed by atoms with Crippen molar-refractivity contribution < 1.29 is 33.5 Å². The van der Waals surface area contributed by atoms with Crippen LogP contribution < -0.4 is 0 Å². The van der Waals surface area contributed by atoms with Crippen LogP contribution in [0.4, 0.5) is 0 Å². The molecule has 9 heteroatoms. The highest BCUT2D eigenvalue weighted by atomic mass is 16.7. The molecule has 9 nitrogen and oxygen atoms in total. The Hall–Kier alpha value is -2.55. The summed E-state index contributed by atoms with van der Waals surface area (Å²) in [7, 11) is 0. The maximum atomic E-state index is 12.7. The number of hydrogen-bond acceptors (Lipinski definition) is 7. The molecular weight excluding hydrogens is 344 g/mol. The van der Waals surface area contributed by atoms with Crippen molar-refractivity contribution in [2.24, 2.45) is 11.8 Å². The van der Waals surface area contributed by atoms with Crippen LogP contribution in [0.2, 0.25) is 0 Å². The molecule has 0 aromatic heterocycles. The third kappa shape index (κ3) is 2.16. The third-order valence-electron chi connectivity index (χ3n) is 5.56. The maximum Gasteiger partial charge on any atom is 0.335 e. The molecule has 4 heterocycles. The smallest absolute Gasteiger partial charge is 0.335 e. The number of amides is 4. The first-order chi connectivity index (χ1) is 12.2. The van der Waals surface area contributed by atoms with Gasteiger partial charge in [0, 0.05) is 19.4 Å². The van der Waals surface area contributed by atoms with Gasteiger partial charge in [-0.3, -0.25) is 24.1 Å². The van der Waals surface area contributed by atoms with Crippen molar-refractivity contribution in [2.45, 2.75) is 44.3 Å². The number of nitrogens with zero attached hydrogens (tertiary/aromatic N) is 2. The highest BCUT2D eigenvalue weighted by molar-refractivity contribution is 6.07. The summed E-state index contributed by atoms with van der Waals surface area (Å²) in [6.07, 6.45) is 3.32. The second-order valence-corrected chi connectivity index (χ2v) is 7.38. The number of hydrogen-bond donors (Lipinski definition) is 0. The number of imide groups is 2. The number of hydroxylamine groups is 2. The fourth-order valence-electron chi connectivity index (χ4n) is 4.32. The van der Waals surface area contributed by atoms with Crippen molar-refractivity contribution >= 4 is 29.6 Å². The molecule has 0 N–H and O–H groups in total. The van der Waals surface area contributed by atoms with E-state index in [4.69, 9.17) is 9.57 Å². The van der Waals surface area contributed by atoms with E-state index < -0.39 is 40.8 Å². The van der Waals surface area contributed by atoms with Crippen molar-refractivity contribution in [2.75, 3.05) is 6.54 Å². The monoisotopic (exact) mass is 362 g/mol. The molecule has 26 heavy (non-hydrogen) atoms. The van der Waals surface area contributed by atoms with Crippen LogP contribution in [0, 0.1) is 11.8 Å². The number of carbonyl (C=O) groups excluding carboxylic acids is 5. The molecule has 0 radical (unpaired) electrons. The predicted molar refractivity (Wildman–Crippen MR) is 82.5 cm³/mol. The van der Waals surface area contributed by atoms with Crippen LogP contribution in [-0.2, 0) is 33.5 Å². The zero-order valence-corrected chi connectivity index (χ0v) is 14.4. The van der Waals surface area contributed by atoms with Gasteiger partial charge in [0.25, 0.3) is 11.8 Å². The molecule has 4 rings (SSSR count). The zero-order valence-electron chi connectivity index (χ0n) is 14.4. The molecule has 0 saturated carbocycles. The minimum atomic E-state index is -0.846. The Bertz CT molecular complexity index is 738. The fraction of sp³-hybridized carbons (Fsp3) is 0.588. The van der Waals surface area contributed by atoms with Gasteiger partial charge in [-0.15, -0.1) is 5.06 Å². The summed E-state index contributed by atoms with van der Waals surface area (Å²) in [5, 5.41) is 0.449. The van der Waals surface area contributed by atoms with Gasteiger partial charge in [0.15, 0.2) is 0 Å². The summed E-state index contributed by atoms with van der Waals surface area (Å²) in [5.41, 5.74) is -1.65. The molecule has 0 aliphatic carbocycles. The van der Waals surface area contributed by atoms with E-state index in [0.717, 1.165) is 4.90 Å². The van der Waals surface area contributed by atoms with Gasteiger partial charge < -0.3 is 9.57 Å². The summed E-state index contributed by atoms with van der Waals surface area (Å²) in [6.45, 7) is 3.38. The highest BCUT2D eigenvalue weighted by Crippen LogP contribution is 2.56. The van der Waals surface area contributed by atoms with E-state index >= 15 is 0 Å². The number of likely N-dealkylation sites (tertiary alicyclic amines) is 1. The molecule has 0 spiro atoms. The summed E-state index contributed by atoms with van der Waals surface area (Å²) < 4.78 is 5.89. The van der Waals surface area contributed by atoms with Crippen LogP contribution in [-0.4, -0.2) is 57.3 Å². The van der Waals surface area contributed by atoms with Crippen molar-refractivity contribution in [3.05, 3.63) is 12.2 Å². The van der Waals surface area contributed by atoms with E-state index in [0.29, 0.717) is 5.06 Å². The lowest BCUT2D eigenvalue weighted by molar-refractivity contribution is -0.197. The van der Waals surface area contributed by atoms with Crippen molar-refractivity contribution in [3.63, 3.8) is 0 Å². The molecule has 4 aliphatic rings. The van der Waals surface area contributed by atoms with Gasteiger partial charge >= 0.3 is 5.97 Å². The second kappa shape index (κ2) is 5.23. The van der Waals surface area contributed by atoms with Gasteiger partial charge in [0.05, 0.1) is 29.5 Å². The minimum Gasteiger partial charge on any atom is -0.359 e. The van der Waals surface area contributed by atoms with Crippen LogP contribution in [0.5, 0.6) is 0 Å². The topological polar surface area (TPSA) is 110 Å². The number of rotatable bonds is 4. The normalized spacial score (nSPS) is 37.9. The second-order valence-electron chi connectivity index (χ2n) is 7.38. The summed E-state index contributed by atoms with van der Waals surface area (Å²) in [5.74, 6) is -3.97. The van der Waals surface area contributed by atoms with E-state index in [2.05, 4.69) is 0 Å². The van der Waals surface area contributed by atoms with Crippen LogP contribution in [0.15, 0.2) is 12.2 Å². The number of ether oxygens (including phenoxy) is 1. The van der Waals surface area contributed by atoms with Gasteiger partial charge in [-0.25, -0.2) is 4.79 Å². The summed E-state index contributed by atoms with van der Waals surface area (Å²) in [4.78, 5) is 66.1. The van der Waals surface area contributed by atoms with Gasteiger partial charge in [0.2, 0.25) is 11.8 Å². The van der Waals surface area contributed by atoms with Gasteiger partial charge in [-0.1, -0.05) is 12.2 Å². The Morgan fingerprint density at radius 1 is 1.08 bits per heavy atom. The van der Waals surface area contributed by atoms with E-state index in [9.17, 15) is 24.0 Å². The molecular formula is C17H18N2O7. The lowest BCUT2D eigenvalue weighted by Gasteiger charge is -2.25. The standard InChI is InChI=1S/C17H18N2O7/c1-16-6-7-17(2,26-16)13-12(16)14(23)18(15(13)24)8-5-11(22)25-19-9(20)3-4-10(19)21/h6-7,12-13H,3-5,8H2,1-2H3/t12-,13+,16-,17+. The Morgan fingerprint density at radius 3 is 2.08 bits per heavy atom. The van der Waals surface area contributed by atoms with Gasteiger partial charge in [0.1, 0.15) is 0 Å². The molecule has 4 amide bonds.